The van der Waals surface area contributed by atoms with E-state index in [1.54, 1.807) is 29.7 Å². The summed E-state index contributed by atoms with van der Waals surface area (Å²) in [6.45, 7) is 3.06. The number of amides is 1. The molecule has 4 heterocycles. The van der Waals surface area contributed by atoms with Gasteiger partial charge >= 0.3 is 11.9 Å². The molecule has 2 aromatic heterocycles. The van der Waals surface area contributed by atoms with Crippen molar-refractivity contribution in [3.8, 4) is 11.4 Å². The van der Waals surface area contributed by atoms with E-state index < -0.39 is 23.4 Å². The van der Waals surface area contributed by atoms with Gasteiger partial charge in [-0.3, -0.25) is 9.59 Å². The molecule has 0 saturated heterocycles. The van der Waals surface area contributed by atoms with Gasteiger partial charge in [-0.1, -0.05) is 19.1 Å². The molecule has 184 valence electrons. The first-order chi connectivity index (χ1) is 17.2. The zero-order valence-corrected chi connectivity index (χ0v) is 19.9. The number of pyridine rings is 2. The van der Waals surface area contributed by atoms with Gasteiger partial charge in [0.05, 0.1) is 36.1 Å². The lowest BCUT2D eigenvalue weighted by atomic mass is 9.86. The number of aromatic nitrogens is 2. The summed E-state index contributed by atoms with van der Waals surface area (Å²) >= 11 is 0. The number of aliphatic hydroxyl groups is 1. The quantitative estimate of drug-likeness (QED) is 0.327. The van der Waals surface area contributed by atoms with Crippen LogP contribution >= 0.6 is 0 Å². The fraction of sp³-hybridized carbons (Fsp3) is 0.269. The van der Waals surface area contributed by atoms with Gasteiger partial charge < -0.3 is 24.5 Å². The SMILES string of the molecule is CC[C@@]1(O)C(=O)OCc2c1cc1n(c2=O)Cc2cc3ccc(C=C(NC(C)=O)C(=O)OC)cc3nc2-1. The topological polar surface area (TPSA) is 137 Å². The van der Waals surface area contributed by atoms with E-state index in [0.29, 0.717) is 29.0 Å². The number of carbonyl (C=O) groups excluding carboxylic acids is 3. The van der Waals surface area contributed by atoms with Crippen LogP contribution in [0.5, 0.6) is 0 Å². The molecular formula is C26H23N3O7. The predicted octanol–water partition coefficient (Wildman–Crippen LogP) is 1.73. The Hall–Kier alpha value is -4.31. The van der Waals surface area contributed by atoms with E-state index >= 15 is 0 Å². The van der Waals surface area contributed by atoms with E-state index in [2.05, 4.69) is 5.32 Å². The largest absolute Gasteiger partial charge is 0.464 e. The molecule has 0 radical (unpaired) electrons. The third-order valence-electron chi connectivity index (χ3n) is 6.56. The van der Waals surface area contributed by atoms with Crippen molar-refractivity contribution < 1.29 is 29.0 Å². The van der Waals surface area contributed by atoms with E-state index in [9.17, 15) is 24.3 Å². The second-order valence-corrected chi connectivity index (χ2v) is 8.78. The Morgan fingerprint density at radius 1 is 1.28 bits per heavy atom. The molecule has 1 atom stereocenters. The van der Waals surface area contributed by atoms with Gasteiger partial charge in [-0.25, -0.2) is 14.6 Å². The maximum atomic E-state index is 13.3. The summed E-state index contributed by atoms with van der Waals surface area (Å²) in [7, 11) is 1.22. The van der Waals surface area contributed by atoms with Gasteiger partial charge in [0.2, 0.25) is 5.91 Å². The fourth-order valence-corrected chi connectivity index (χ4v) is 4.70. The van der Waals surface area contributed by atoms with Crippen molar-refractivity contribution in [1.29, 1.82) is 0 Å². The average Bonchev–Trinajstić information content (AvgIpc) is 3.21. The minimum atomic E-state index is -1.89. The van der Waals surface area contributed by atoms with Crippen molar-refractivity contribution >= 4 is 34.8 Å². The summed E-state index contributed by atoms with van der Waals surface area (Å²) in [5.74, 6) is -1.87. The van der Waals surface area contributed by atoms with Crippen LogP contribution < -0.4 is 10.9 Å². The third kappa shape index (κ3) is 3.57. The van der Waals surface area contributed by atoms with Gasteiger partial charge in [-0.05, 0) is 36.3 Å². The highest BCUT2D eigenvalue weighted by Crippen LogP contribution is 2.38. The van der Waals surface area contributed by atoms with Crippen LogP contribution in [0.3, 0.4) is 0 Å². The van der Waals surface area contributed by atoms with Crippen molar-refractivity contribution in [3.05, 3.63) is 68.6 Å². The minimum Gasteiger partial charge on any atom is -0.464 e. The minimum absolute atomic E-state index is 0.0141. The van der Waals surface area contributed by atoms with Crippen molar-refractivity contribution in [2.45, 2.75) is 39.0 Å². The van der Waals surface area contributed by atoms with Crippen LogP contribution in [0.1, 0.15) is 42.5 Å². The molecule has 36 heavy (non-hydrogen) atoms. The number of hydrogen-bond acceptors (Lipinski definition) is 8. The number of rotatable bonds is 4. The number of cyclic esters (lactones) is 1. The smallest absolute Gasteiger partial charge is 0.354 e. The molecule has 2 aliphatic rings. The van der Waals surface area contributed by atoms with Gasteiger partial charge in [-0.15, -0.1) is 0 Å². The van der Waals surface area contributed by atoms with E-state index in [1.165, 1.54) is 20.1 Å². The molecule has 0 unspecified atom stereocenters. The molecule has 0 bridgehead atoms. The Kier molecular flexibility index (Phi) is 5.48. The summed E-state index contributed by atoms with van der Waals surface area (Å²) in [6, 6.07) is 8.94. The lowest BCUT2D eigenvalue weighted by Gasteiger charge is -2.31. The molecule has 2 aliphatic heterocycles. The zero-order chi connectivity index (χ0) is 25.8. The fourth-order valence-electron chi connectivity index (χ4n) is 4.70. The monoisotopic (exact) mass is 489 g/mol. The summed E-state index contributed by atoms with van der Waals surface area (Å²) in [6.07, 6.45) is 1.55. The highest BCUT2D eigenvalue weighted by atomic mass is 16.6. The Bertz CT molecular complexity index is 1570. The van der Waals surface area contributed by atoms with Gasteiger partial charge in [-0.2, -0.15) is 0 Å². The normalized spacial score (nSPS) is 18.2. The van der Waals surface area contributed by atoms with Gasteiger partial charge in [0.1, 0.15) is 12.3 Å². The molecule has 5 rings (SSSR count). The zero-order valence-electron chi connectivity index (χ0n) is 19.9. The van der Waals surface area contributed by atoms with Gasteiger partial charge in [0.15, 0.2) is 5.60 Å². The molecule has 2 N–H and O–H groups in total. The molecular weight excluding hydrogens is 466 g/mol. The number of fused-ring (bicyclic) bond motifs is 5. The number of nitrogens with one attached hydrogen (secondary N) is 1. The van der Waals surface area contributed by atoms with E-state index in [-0.39, 0.29) is 35.4 Å². The number of benzene rings is 1. The number of hydrogen-bond donors (Lipinski definition) is 2. The Morgan fingerprint density at radius 2 is 2.06 bits per heavy atom. The second kappa shape index (κ2) is 8.42. The van der Waals surface area contributed by atoms with Gasteiger partial charge in [0.25, 0.3) is 5.56 Å². The molecule has 10 nitrogen and oxygen atoms in total. The van der Waals surface area contributed by atoms with Crippen molar-refractivity contribution in [3.63, 3.8) is 0 Å². The number of nitrogens with zero attached hydrogens (tertiary/aromatic N) is 2. The third-order valence-corrected chi connectivity index (χ3v) is 6.56. The van der Waals surface area contributed by atoms with Crippen LogP contribution in [0.4, 0.5) is 0 Å². The van der Waals surface area contributed by atoms with E-state index in [1.807, 2.05) is 12.1 Å². The van der Waals surface area contributed by atoms with Crippen LogP contribution in [0.2, 0.25) is 0 Å². The van der Waals surface area contributed by atoms with Gasteiger partial charge in [0, 0.05) is 23.4 Å². The molecule has 0 fully saturated rings. The lowest BCUT2D eigenvalue weighted by Crippen LogP contribution is -2.44. The number of carbonyl (C=O) groups is 3. The Morgan fingerprint density at radius 3 is 2.75 bits per heavy atom. The molecule has 0 spiro atoms. The average molecular weight is 489 g/mol. The maximum absolute atomic E-state index is 13.3. The van der Waals surface area contributed by atoms with Crippen LogP contribution in [-0.4, -0.2) is 39.6 Å². The van der Waals surface area contributed by atoms with Crippen molar-refractivity contribution in [2.24, 2.45) is 0 Å². The molecule has 1 aromatic carbocycles. The highest BCUT2D eigenvalue weighted by molar-refractivity contribution is 5.98. The van der Waals surface area contributed by atoms with Crippen LogP contribution in [-0.2, 0) is 42.6 Å². The van der Waals surface area contributed by atoms with E-state index in [4.69, 9.17) is 14.5 Å². The van der Waals surface area contributed by atoms with Crippen molar-refractivity contribution in [2.75, 3.05) is 7.11 Å². The molecule has 0 aliphatic carbocycles. The second-order valence-electron chi connectivity index (χ2n) is 8.78. The van der Waals surface area contributed by atoms with Crippen molar-refractivity contribution in [1.82, 2.24) is 14.9 Å². The predicted molar refractivity (Wildman–Crippen MR) is 128 cm³/mol. The van der Waals surface area contributed by atoms with Crippen LogP contribution in [0.25, 0.3) is 28.4 Å². The molecule has 0 saturated carbocycles. The van der Waals surface area contributed by atoms with E-state index in [0.717, 1.165) is 10.9 Å². The Labute approximate surface area is 205 Å². The summed E-state index contributed by atoms with van der Waals surface area (Å²) in [5.41, 5.74) is 1.38. The first-order valence-corrected chi connectivity index (χ1v) is 11.3. The number of methoxy groups -OCH3 is 1. The number of esters is 2. The summed E-state index contributed by atoms with van der Waals surface area (Å²) < 4.78 is 11.4. The summed E-state index contributed by atoms with van der Waals surface area (Å²) in [5, 5.41) is 14.3. The first-order valence-electron chi connectivity index (χ1n) is 11.3. The summed E-state index contributed by atoms with van der Waals surface area (Å²) in [4.78, 5) is 53.9. The maximum Gasteiger partial charge on any atom is 0.354 e. The highest BCUT2D eigenvalue weighted by Gasteiger charge is 2.45. The first kappa shape index (κ1) is 23.4. The molecule has 3 aromatic rings. The standard InChI is InChI=1S/C26H23N3O7/c1-4-26(34)18-10-21-22-16(11-29(21)23(31)17(18)12-36-25(26)33)9-15-6-5-14(7-19(15)28-22)8-20(24(32)35-3)27-13(2)30/h5-10,34H,4,11-12H2,1-3H3,(H,27,30)/t26-/m0/s1. The molecule has 10 heteroatoms. The molecule has 1 amide bonds. The Balaban J connectivity index is 1.65. The van der Waals surface area contributed by atoms with Crippen LogP contribution in [0, 0.1) is 0 Å². The lowest BCUT2D eigenvalue weighted by molar-refractivity contribution is -0.172. The van der Waals surface area contributed by atoms with Crippen LogP contribution in [0.15, 0.2) is 40.8 Å². The number of ether oxygens (including phenoxy) is 2.